The molecule has 1 aliphatic carbocycles. The van der Waals surface area contributed by atoms with Crippen molar-refractivity contribution in [2.75, 3.05) is 0 Å². The largest absolute Gasteiger partial charge is 0.207 e. The standard InChI is InChI=1S/C13H15BrClF/c14-12-6-5-11(16)8-10(12)7-9-3-1-2-4-13(9)15/h5-6,8-9,13H,1-4,7H2. The van der Waals surface area contributed by atoms with Gasteiger partial charge in [0.05, 0.1) is 0 Å². The lowest BCUT2D eigenvalue weighted by molar-refractivity contribution is 0.363. The van der Waals surface area contributed by atoms with Gasteiger partial charge in [-0.05, 0) is 48.9 Å². The monoisotopic (exact) mass is 304 g/mol. The first-order chi connectivity index (χ1) is 7.66. The van der Waals surface area contributed by atoms with E-state index >= 15 is 0 Å². The van der Waals surface area contributed by atoms with Crippen LogP contribution in [0.2, 0.25) is 0 Å². The molecular weight excluding hydrogens is 290 g/mol. The summed E-state index contributed by atoms with van der Waals surface area (Å²) in [7, 11) is 0. The van der Waals surface area contributed by atoms with Gasteiger partial charge < -0.3 is 0 Å². The van der Waals surface area contributed by atoms with Crippen molar-refractivity contribution in [3.05, 3.63) is 34.1 Å². The molecule has 1 aliphatic rings. The second kappa shape index (κ2) is 5.50. The zero-order chi connectivity index (χ0) is 11.5. The van der Waals surface area contributed by atoms with E-state index in [0.717, 1.165) is 29.3 Å². The predicted octanol–water partition coefficient (Wildman–Crippen LogP) is 4.93. The van der Waals surface area contributed by atoms with Gasteiger partial charge in [0, 0.05) is 9.85 Å². The molecule has 1 aromatic rings. The maximum atomic E-state index is 13.1. The van der Waals surface area contributed by atoms with Crippen molar-refractivity contribution in [1.82, 2.24) is 0 Å². The van der Waals surface area contributed by atoms with Crippen molar-refractivity contribution in [3.8, 4) is 0 Å². The highest BCUT2D eigenvalue weighted by atomic mass is 79.9. The molecule has 0 aliphatic heterocycles. The second-order valence-corrected chi connectivity index (χ2v) is 5.92. The SMILES string of the molecule is Fc1ccc(Br)c(CC2CCCCC2Cl)c1. The Balaban J connectivity index is 2.10. The summed E-state index contributed by atoms with van der Waals surface area (Å²) in [5.74, 6) is 0.327. The lowest BCUT2D eigenvalue weighted by Crippen LogP contribution is -2.21. The molecular formula is C13H15BrClF. The predicted molar refractivity (Wildman–Crippen MR) is 69.4 cm³/mol. The molecule has 1 aromatic carbocycles. The fraction of sp³-hybridized carbons (Fsp3) is 0.538. The van der Waals surface area contributed by atoms with Crippen LogP contribution in [0.15, 0.2) is 22.7 Å². The Hall–Kier alpha value is -0.0800. The summed E-state index contributed by atoms with van der Waals surface area (Å²) in [4.78, 5) is 0. The average molecular weight is 306 g/mol. The Bertz CT molecular complexity index is 367. The maximum Gasteiger partial charge on any atom is 0.123 e. The van der Waals surface area contributed by atoms with Crippen LogP contribution < -0.4 is 0 Å². The number of hydrogen-bond donors (Lipinski definition) is 0. The first kappa shape index (κ1) is 12.4. The summed E-state index contributed by atoms with van der Waals surface area (Å²) in [6, 6.07) is 4.87. The summed E-state index contributed by atoms with van der Waals surface area (Å²) in [6.07, 6.45) is 5.62. The molecule has 0 nitrogen and oxygen atoms in total. The summed E-state index contributed by atoms with van der Waals surface area (Å²) >= 11 is 9.78. The van der Waals surface area contributed by atoms with E-state index < -0.39 is 0 Å². The molecule has 2 rings (SSSR count). The van der Waals surface area contributed by atoms with Gasteiger partial charge in [0.15, 0.2) is 0 Å². The van der Waals surface area contributed by atoms with Gasteiger partial charge in [-0.2, -0.15) is 0 Å². The van der Waals surface area contributed by atoms with Gasteiger partial charge in [-0.25, -0.2) is 4.39 Å². The normalized spacial score (nSPS) is 25.7. The van der Waals surface area contributed by atoms with Gasteiger partial charge in [-0.1, -0.05) is 28.8 Å². The molecule has 0 amide bonds. The minimum atomic E-state index is -0.167. The zero-order valence-corrected chi connectivity index (χ0v) is 11.4. The Morgan fingerprint density at radius 3 is 2.81 bits per heavy atom. The fourth-order valence-electron chi connectivity index (χ4n) is 2.37. The van der Waals surface area contributed by atoms with Crippen LogP contribution in [0, 0.1) is 11.7 Å². The maximum absolute atomic E-state index is 13.1. The van der Waals surface area contributed by atoms with Crippen LogP contribution in [-0.4, -0.2) is 5.38 Å². The molecule has 0 bridgehead atoms. The molecule has 16 heavy (non-hydrogen) atoms. The number of alkyl halides is 1. The van der Waals surface area contributed by atoms with Crippen molar-refractivity contribution < 1.29 is 4.39 Å². The number of hydrogen-bond acceptors (Lipinski definition) is 0. The quantitative estimate of drug-likeness (QED) is 0.680. The molecule has 2 atom stereocenters. The van der Waals surface area contributed by atoms with Crippen molar-refractivity contribution in [2.45, 2.75) is 37.5 Å². The van der Waals surface area contributed by atoms with E-state index in [0.29, 0.717) is 5.92 Å². The molecule has 1 saturated carbocycles. The summed E-state index contributed by atoms with van der Waals surface area (Å²) in [5, 5.41) is 0.254. The highest BCUT2D eigenvalue weighted by Gasteiger charge is 2.23. The van der Waals surface area contributed by atoms with Crippen LogP contribution in [0.4, 0.5) is 4.39 Å². The number of halogens is 3. The van der Waals surface area contributed by atoms with E-state index in [4.69, 9.17) is 11.6 Å². The minimum Gasteiger partial charge on any atom is -0.207 e. The molecule has 88 valence electrons. The van der Waals surface area contributed by atoms with E-state index in [1.807, 2.05) is 0 Å². The van der Waals surface area contributed by atoms with Gasteiger partial charge in [-0.3, -0.25) is 0 Å². The highest BCUT2D eigenvalue weighted by molar-refractivity contribution is 9.10. The van der Waals surface area contributed by atoms with E-state index in [1.54, 1.807) is 12.1 Å². The smallest absolute Gasteiger partial charge is 0.123 e. The second-order valence-electron chi connectivity index (χ2n) is 4.50. The molecule has 0 radical (unpaired) electrons. The van der Waals surface area contributed by atoms with Crippen LogP contribution in [0.25, 0.3) is 0 Å². The lowest BCUT2D eigenvalue weighted by Gasteiger charge is -2.27. The third-order valence-electron chi connectivity index (χ3n) is 3.31. The first-order valence-corrected chi connectivity index (χ1v) is 6.98. The zero-order valence-electron chi connectivity index (χ0n) is 9.06. The Morgan fingerprint density at radius 2 is 2.06 bits per heavy atom. The average Bonchev–Trinajstić information content (AvgIpc) is 2.27. The Labute approximate surface area is 109 Å². The third-order valence-corrected chi connectivity index (χ3v) is 4.65. The molecule has 0 aromatic heterocycles. The Morgan fingerprint density at radius 1 is 1.31 bits per heavy atom. The third kappa shape index (κ3) is 2.98. The van der Waals surface area contributed by atoms with Crippen LogP contribution in [0.3, 0.4) is 0 Å². The fourth-order valence-corrected chi connectivity index (χ4v) is 3.15. The van der Waals surface area contributed by atoms with Gasteiger partial charge in [0.1, 0.15) is 5.82 Å². The molecule has 0 N–H and O–H groups in total. The molecule has 2 unspecified atom stereocenters. The number of rotatable bonds is 2. The Kier molecular flexibility index (Phi) is 4.26. The molecule has 3 heteroatoms. The first-order valence-electron chi connectivity index (χ1n) is 5.75. The summed E-state index contributed by atoms with van der Waals surface area (Å²) in [6.45, 7) is 0. The lowest BCUT2D eigenvalue weighted by atomic mass is 9.84. The highest BCUT2D eigenvalue weighted by Crippen LogP contribution is 2.33. The van der Waals surface area contributed by atoms with E-state index in [2.05, 4.69) is 15.9 Å². The van der Waals surface area contributed by atoms with E-state index in [9.17, 15) is 4.39 Å². The topological polar surface area (TPSA) is 0 Å². The minimum absolute atomic E-state index is 0.167. The number of benzene rings is 1. The van der Waals surface area contributed by atoms with Gasteiger partial charge in [0.2, 0.25) is 0 Å². The van der Waals surface area contributed by atoms with Gasteiger partial charge in [0.25, 0.3) is 0 Å². The summed E-state index contributed by atoms with van der Waals surface area (Å²) < 4.78 is 14.1. The van der Waals surface area contributed by atoms with Crippen LogP contribution in [-0.2, 0) is 6.42 Å². The molecule has 0 saturated heterocycles. The molecule has 0 spiro atoms. The molecule has 1 fully saturated rings. The van der Waals surface area contributed by atoms with Crippen LogP contribution in [0.5, 0.6) is 0 Å². The van der Waals surface area contributed by atoms with Gasteiger partial charge in [-0.15, -0.1) is 11.6 Å². The molecule has 0 heterocycles. The van der Waals surface area contributed by atoms with Crippen molar-refractivity contribution in [3.63, 3.8) is 0 Å². The van der Waals surface area contributed by atoms with Crippen molar-refractivity contribution in [2.24, 2.45) is 5.92 Å². The van der Waals surface area contributed by atoms with Crippen LogP contribution >= 0.6 is 27.5 Å². The van der Waals surface area contributed by atoms with E-state index in [-0.39, 0.29) is 11.2 Å². The van der Waals surface area contributed by atoms with E-state index in [1.165, 1.54) is 18.9 Å². The van der Waals surface area contributed by atoms with Crippen molar-refractivity contribution >= 4 is 27.5 Å². The van der Waals surface area contributed by atoms with Crippen LogP contribution in [0.1, 0.15) is 31.2 Å². The van der Waals surface area contributed by atoms with Crippen molar-refractivity contribution in [1.29, 1.82) is 0 Å². The summed E-state index contributed by atoms with van der Waals surface area (Å²) in [5.41, 5.74) is 1.04. The van der Waals surface area contributed by atoms with Gasteiger partial charge >= 0.3 is 0 Å².